The highest BCUT2D eigenvalue weighted by Crippen LogP contribution is 2.33. The van der Waals surface area contributed by atoms with Gasteiger partial charge in [-0.2, -0.15) is 0 Å². The first kappa shape index (κ1) is 17.1. The van der Waals surface area contributed by atoms with Crippen LogP contribution in [0.15, 0.2) is 24.3 Å². The zero-order valence-corrected chi connectivity index (χ0v) is 14.1. The van der Waals surface area contributed by atoms with Gasteiger partial charge >= 0.3 is 6.09 Å². The molecule has 1 fully saturated rings. The van der Waals surface area contributed by atoms with Gasteiger partial charge in [-0.1, -0.05) is 23.7 Å². The minimum atomic E-state index is -0.501. The maximum Gasteiger partial charge on any atom is 0.410 e. The summed E-state index contributed by atoms with van der Waals surface area (Å²) in [5.74, 6) is 0.253. The van der Waals surface area contributed by atoms with Crippen molar-refractivity contribution in [3.05, 3.63) is 34.9 Å². The first-order valence-electron chi connectivity index (χ1n) is 7.64. The molecule has 1 aromatic carbocycles. The molecule has 22 heavy (non-hydrogen) atoms. The molecule has 1 amide bonds. The Bertz CT molecular complexity index is 510. The number of hydrogen-bond donors (Lipinski definition) is 1. The van der Waals surface area contributed by atoms with Crippen LogP contribution >= 0.6 is 11.6 Å². The number of aliphatic hydroxyl groups is 1. The van der Waals surface area contributed by atoms with Crippen molar-refractivity contribution in [2.75, 3.05) is 19.7 Å². The predicted molar refractivity (Wildman–Crippen MR) is 87.2 cm³/mol. The third-order valence-corrected chi connectivity index (χ3v) is 4.17. The largest absolute Gasteiger partial charge is 0.444 e. The summed E-state index contributed by atoms with van der Waals surface area (Å²) in [5.41, 5.74) is 0.658. The molecular weight excluding hydrogens is 302 g/mol. The first-order chi connectivity index (χ1) is 10.3. The van der Waals surface area contributed by atoms with Gasteiger partial charge in [-0.05, 0) is 50.8 Å². The van der Waals surface area contributed by atoms with Crippen LogP contribution in [0.25, 0.3) is 0 Å². The summed E-state index contributed by atoms with van der Waals surface area (Å²) >= 11 is 5.93. The Morgan fingerprint density at radius 2 is 2.00 bits per heavy atom. The van der Waals surface area contributed by atoms with Crippen molar-refractivity contribution in [1.82, 2.24) is 4.90 Å². The van der Waals surface area contributed by atoms with Gasteiger partial charge in [0.1, 0.15) is 5.60 Å². The zero-order valence-electron chi connectivity index (χ0n) is 13.4. The molecule has 0 aliphatic carbocycles. The van der Waals surface area contributed by atoms with E-state index in [4.69, 9.17) is 16.3 Å². The lowest BCUT2D eigenvalue weighted by Crippen LogP contribution is -2.46. The van der Waals surface area contributed by atoms with Gasteiger partial charge in [0.25, 0.3) is 0 Å². The molecule has 122 valence electrons. The summed E-state index contributed by atoms with van der Waals surface area (Å²) in [6.45, 7) is 6.77. The molecule has 4 nitrogen and oxygen atoms in total. The van der Waals surface area contributed by atoms with Crippen LogP contribution in [0.5, 0.6) is 0 Å². The molecule has 0 bridgehead atoms. The Hall–Kier alpha value is -1.26. The fourth-order valence-electron chi connectivity index (χ4n) is 2.86. The smallest absolute Gasteiger partial charge is 0.410 e. The van der Waals surface area contributed by atoms with Crippen LogP contribution < -0.4 is 0 Å². The van der Waals surface area contributed by atoms with Crippen molar-refractivity contribution < 1.29 is 14.6 Å². The summed E-state index contributed by atoms with van der Waals surface area (Å²) in [5, 5.41) is 10.4. The Morgan fingerprint density at radius 1 is 1.36 bits per heavy atom. The summed E-state index contributed by atoms with van der Waals surface area (Å²) in [7, 11) is 0. The minimum absolute atomic E-state index is 0.0162. The van der Waals surface area contributed by atoms with Crippen LogP contribution in [-0.2, 0) is 4.74 Å². The van der Waals surface area contributed by atoms with Crippen molar-refractivity contribution in [1.29, 1.82) is 0 Å². The van der Waals surface area contributed by atoms with E-state index in [1.807, 2.05) is 45.0 Å². The van der Waals surface area contributed by atoms with Crippen molar-refractivity contribution >= 4 is 17.7 Å². The first-order valence-corrected chi connectivity index (χ1v) is 8.02. The maximum atomic E-state index is 12.2. The van der Waals surface area contributed by atoms with Crippen LogP contribution in [0.2, 0.25) is 5.02 Å². The lowest BCUT2D eigenvalue weighted by Gasteiger charge is -2.38. The molecule has 2 rings (SSSR count). The number of hydrogen-bond acceptors (Lipinski definition) is 3. The van der Waals surface area contributed by atoms with Gasteiger partial charge < -0.3 is 14.7 Å². The van der Waals surface area contributed by atoms with Crippen LogP contribution in [0.3, 0.4) is 0 Å². The van der Waals surface area contributed by atoms with E-state index in [1.54, 1.807) is 4.90 Å². The lowest BCUT2D eigenvalue weighted by atomic mass is 9.81. The van der Waals surface area contributed by atoms with Gasteiger partial charge in [0.15, 0.2) is 0 Å². The maximum absolute atomic E-state index is 12.2. The molecule has 0 saturated carbocycles. The van der Waals surface area contributed by atoms with Crippen LogP contribution in [0.4, 0.5) is 4.79 Å². The number of halogens is 1. The standard InChI is InChI=1S/C17H24ClNO3/c1-17(2,3)22-16(21)19-9-8-15(13(10-19)11-20)12-4-6-14(18)7-5-12/h4-7,13,15,20H,8-11H2,1-3H3/t13-,15?/m0/s1. The van der Waals surface area contributed by atoms with Crippen LogP contribution in [0.1, 0.15) is 38.7 Å². The molecule has 1 aliphatic rings. The summed E-state index contributed by atoms with van der Waals surface area (Å²) in [6, 6.07) is 7.73. The van der Waals surface area contributed by atoms with Crippen LogP contribution in [0, 0.1) is 5.92 Å². The lowest BCUT2D eigenvalue weighted by molar-refractivity contribution is 0.0102. The Labute approximate surface area is 137 Å². The number of piperidine rings is 1. The number of aliphatic hydroxyl groups excluding tert-OH is 1. The molecular formula is C17H24ClNO3. The quantitative estimate of drug-likeness (QED) is 0.902. The Balaban J connectivity index is 2.05. The average molecular weight is 326 g/mol. The number of likely N-dealkylation sites (tertiary alicyclic amines) is 1. The van der Waals surface area contributed by atoms with Gasteiger partial charge in [0.2, 0.25) is 0 Å². The van der Waals surface area contributed by atoms with E-state index in [2.05, 4.69) is 0 Å². The normalized spacial score (nSPS) is 22.5. The summed E-state index contributed by atoms with van der Waals surface area (Å²) in [4.78, 5) is 13.9. The Kier molecular flexibility index (Phi) is 5.35. The molecule has 1 unspecified atom stereocenters. The second-order valence-electron chi connectivity index (χ2n) is 6.82. The van der Waals surface area contributed by atoms with Crippen molar-refractivity contribution in [3.63, 3.8) is 0 Å². The van der Waals surface area contributed by atoms with Crippen molar-refractivity contribution in [2.45, 2.75) is 38.7 Å². The van der Waals surface area contributed by atoms with Gasteiger partial charge in [-0.3, -0.25) is 0 Å². The van der Waals surface area contributed by atoms with E-state index in [-0.39, 0.29) is 24.5 Å². The molecule has 1 saturated heterocycles. The van der Waals surface area contributed by atoms with Gasteiger partial charge in [0.05, 0.1) is 0 Å². The van der Waals surface area contributed by atoms with Gasteiger partial charge in [-0.15, -0.1) is 0 Å². The minimum Gasteiger partial charge on any atom is -0.444 e. The zero-order chi connectivity index (χ0) is 16.3. The molecule has 5 heteroatoms. The van der Waals surface area contributed by atoms with E-state index in [1.165, 1.54) is 0 Å². The number of carbonyl (C=O) groups is 1. The molecule has 1 aromatic rings. The molecule has 2 atom stereocenters. The molecule has 0 aromatic heterocycles. The highest BCUT2D eigenvalue weighted by atomic mass is 35.5. The van der Waals surface area contributed by atoms with E-state index in [0.29, 0.717) is 18.1 Å². The van der Waals surface area contributed by atoms with Crippen molar-refractivity contribution in [3.8, 4) is 0 Å². The highest BCUT2D eigenvalue weighted by molar-refractivity contribution is 6.30. The molecule has 0 radical (unpaired) electrons. The van der Waals surface area contributed by atoms with Crippen molar-refractivity contribution in [2.24, 2.45) is 5.92 Å². The van der Waals surface area contributed by atoms with E-state index in [9.17, 15) is 9.90 Å². The SMILES string of the molecule is CC(C)(C)OC(=O)N1CCC(c2ccc(Cl)cc2)[C@H](CO)C1. The monoisotopic (exact) mass is 325 g/mol. The third kappa shape index (κ3) is 4.37. The topological polar surface area (TPSA) is 49.8 Å². The number of rotatable bonds is 2. The fraction of sp³-hybridized carbons (Fsp3) is 0.588. The fourth-order valence-corrected chi connectivity index (χ4v) is 2.98. The van der Waals surface area contributed by atoms with Crippen LogP contribution in [-0.4, -0.2) is 41.4 Å². The molecule has 0 spiro atoms. The molecule has 1 aliphatic heterocycles. The second-order valence-corrected chi connectivity index (χ2v) is 7.25. The summed E-state index contributed by atoms with van der Waals surface area (Å²) < 4.78 is 5.41. The number of nitrogens with zero attached hydrogens (tertiary/aromatic N) is 1. The highest BCUT2D eigenvalue weighted by Gasteiger charge is 2.33. The van der Waals surface area contributed by atoms with E-state index in [0.717, 1.165) is 12.0 Å². The molecule has 1 heterocycles. The average Bonchev–Trinajstić information content (AvgIpc) is 2.45. The van der Waals surface area contributed by atoms with Gasteiger partial charge in [-0.25, -0.2) is 4.79 Å². The number of amides is 1. The molecule has 1 N–H and O–H groups in total. The van der Waals surface area contributed by atoms with E-state index >= 15 is 0 Å². The third-order valence-electron chi connectivity index (χ3n) is 3.92. The van der Waals surface area contributed by atoms with Gasteiger partial charge in [0, 0.05) is 30.6 Å². The Morgan fingerprint density at radius 3 is 2.55 bits per heavy atom. The number of ether oxygens (including phenoxy) is 1. The predicted octanol–water partition coefficient (Wildman–Crippen LogP) is 3.67. The summed E-state index contributed by atoms with van der Waals surface area (Å²) in [6.07, 6.45) is 0.507. The second kappa shape index (κ2) is 6.88. The number of benzene rings is 1. The van der Waals surface area contributed by atoms with E-state index < -0.39 is 5.60 Å². The number of carbonyl (C=O) groups excluding carboxylic acids is 1.